The van der Waals surface area contributed by atoms with Gasteiger partial charge in [-0.15, -0.1) is 0 Å². The molecule has 5 nitrogen and oxygen atoms in total. The van der Waals surface area contributed by atoms with Crippen molar-refractivity contribution >= 4 is 16.9 Å². The van der Waals surface area contributed by atoms with E-state index in [2.05, 4.69) is 40.3 Å². The van der Waals surface area contributed by atoms with Crippen LogP contribution in [0.25, 0.3) is 11.0 Å². The fourth-order valence-corrected chi connectivity index (χ4v) is 2.54. The number of fused-ring (bicyclic) bond motifs is 1. The van der Waals surface area contributed by atoms with E-state index in [4.69, 9.17) is 5.73 Å². The van der Waals surface area contributed by atoms with Gasteiger partial charge in [-0.05, 0) is 43.5 Å². The summed E-state index contributed by atoms with van der Waals surface area (Å²) in [5.74, 6) is 0.542. The van der Waals surface area contributed by atoms with Gasteiger partial charge in [-0.25, -0.2) is 9.97 Å². The van der Waals surface area contributed by atoms with Crippen LogP contribution in [0.4, 0.5) is 5.82 Å². The number of rotatable bonds is 2. The molecule has 2 N–H and O–H groups in total. The summed E-state index contributed by atoms with van der Waals surface area (Å²) in [5.41, 5.74) is 11.6. The number of aryl methyl sites for hydroxylation is 2. The molecule has 0 atom stereocenters. The van der Waals surface area contributed by atoms with Crippen molar-refractivity contribution < 1.29 is 0 Å². The molecule has 0 saturated heterocycles. The van der Waals surface area contributed by atoms with Crippen LogP contribution in [-0.4, -0.2) is 19.5 Å². The summed E-state index contributed by atoms with van der Waals surface area (Å²) >= 11 is 0. The molecule has 3 rings (SSSR count). The van der Waals surface area contributed by atoms with Gasteiger partial charge in [0.25, 0.3) is 0 Å². The number of nitrogen functional groups attached to an aromatic ring is 1. The monoisotopic (exact) mass is 267 g/mol. The van der Waals surface area contributed by atoms with Crippen LogP contribution in [0.2, 0.25) is 0 Å². The Morgan fingerprint density at radius 3 is 2.75 bits per heavy atom. The summed E-state index contributed by atoms with van der Waals surface area (Å²) in [7, 11) is 0. The van der Waals surface area contributed by atoms with Crippen LogP contribution < -0.4 is 5.73 Å². The zero-order chi connectivity index (χ0) is 14.3. The first-order chi connectivity index (χ1) is 9.59. The number of hydrogen-bond acceptors (Lipinski definition) is 4. The predicted molar refractivity (Wildman–Crippen MR) is 79.5 cm³/mol. The van der Waals surface area contributed by atoms with Gasteiger partial charge in [-0.2, -0.15) is 0 Å². The summed E-state index contributed by atoms with van der Waals surface area (Å²) in [6.07, 6.45) is 5.22. The van der Waals surface area contributed by atoms with Crippen LogP contribution >= 0.6 is 0 Å². The number of pyridine rings is 1. The molecule has 0 aliphatic rings. The Hall–Kier alpha value is -2.43. The van der Waals surface area contributed by atoms with Crippen molar-refractivity contribution in [2.45, 2.75) is 27.3 Å². The van der Waals surface area contributed by atoms with Crippen molar-refractivity contribution in [1.29, 1.82) is 0 Å². The molecule has 5 heteroatoms. The van der Waals surface area contributed by atoms with E-state index in [1.54, 1.807) is 0 Å². The highest BCUT2D eigenvalue weighted by molar-refractivity contribution is 5.90. The molecule has 0 bridgehead atoms. The Bertz CT molecular complexity index is 788. The van der Waals surface area contributed by atoms with E-state index in [-0.39, 0.29) is 0 Å². The molecule has 102 valence electrons. The number of aromatic nitrogens is 4. The first-order valence-electron chi connectivity index (χ1n) is 6.55. The number of anilines is 1. The third-order valence-electron chi connectivity index (χ3n) is 3.90. The Morgan fingerprint density at radius 2 is 2.00 bits per heavy atom. The lowest BCUT2D eigenvalue weighted by Gasteiger charge is -2.10. The molecular formula is C15H17N5. The van der Waals surface area contributed by atoms with Crippen molar-refractivity contribution in [3.63, 3.8) is 0 Å². The molecule has 0 amide bonds. The maximum Gasteiger partial charge on any atom is 0.146 e. The zero-order valence-corrected chi connectivity index (χ0v) is 11.9. The lowest BCUT2D eigenvalue weighted by atomic mass is 10.1. The zero-order valence-electron chi connectivity index (χ0n) is 11.9. The molecule has 0 aliphatic carbocycles. The molecule has 0 radical (unpaired) electrons. The Labute approximate surface area is 117 Å². The molecule has 0 fully saturated rings. The molecule has 3 heterocycles. The van der Waals surface area contributed by atoms with Gasteiger partial charge in [0.15, 0.2) is 0 Å². The lowest BCUT2D eigenvalue weighted by Crippen LogP contribution is -2.05. The maximum absolute atomic E-state index is 5.99. The van der Waals surface area contributed by atoms with Crippen LogP contribution in [0.3, 0.4) is 0 Å². The van der Waals surface area contributed by atoms with Gasteiger partial charge in [0.2, 0.25) is 0 Å². The molecule has 0 spiro atoms. The van der Waals surface area contributed by atoms with E-state index in [1.807, 2.05) is 18.5 Å². The molecule has 0 unspecified atom stereocenters. The fourth-order valence-electron chi connectivity index (χ4n) is 2.54. The maximum atomic E-state index is 5.99. The molecule has 0 aromatic carbocycles. The molecule has 3 aromatic heterocycles. The minimum atomic E-state index is 0.542. The largest absolute Gasteiger partial charge is 0.383 e. The van der Waals surface area contributed by atoms with Crippen molar-refractivity contribution in [2.75, 3.05) is 5.73 Å². The summed E-state index contributed by atoms with van der Waals surface area (Å²) in [6, 6.07) is 2.04. The van der Waals surface area contributed by atoms with E-state index in [0.717, 1.165) is 23.1 Å². The summed E-state index contributed by atoms with van der Waals surface area (Å²) in [6.45, 7) is 6.99. The van der Waals surface area contributed by atoms with Crippen molar-refractivity contribution in [3.8, 4) is 0 Å². The molecular weight excluding hydrogens is 250 g/mol. The summed E-state index contributed by atoms with van der Waals surface area (Å²) < 4.78 is 2.19. The number of nitrogens with zero attached hydrogens (tertiary/aromatic N) is 4. The average Bonchev–Trinajstić information content (AvgIpc) is 2.67. The summed E-state index contributed by atoms with van der Waals surface area (Å²) in [4.78, 5) is 12.6. The highest BCUT2D eigenvalue weighted by Crippen LogP contribution is 2.27. The van der Waals surface area contributed by atoms with E-state index < -0.39 is 0 Å². The summed E-state index contributed by atoms with van der Waals surface area (Å²) in [5, 5.41) is 0.955. The standard InChI is InChI=1S/C15H17N5/c1-9-6-17-5-4-12(9)7-20-11(3)10(2)13-14(16)18-8-19-15(13)20/h4-6,8H,7H2,1-3H3,(H2,16,18,19). The first kappa shape index (κ1) is 12.6. The SMILES string of the molecule is Cc1cnccc1Cn1c(C)c(C)c2c(N)ncnc21. The van der Waals surface area contributed by atoms with E-state index in [1.165, 1.54) is 23.1 Å². The Balaban J connectivity index is 2.20. The number of nitrogens with two attached hydrogens (primary N) is 1. The van der Waals surface area contributed by atoms with Crippen LogP contribution in [0.1, 0.15) is 22.4 Å². The second kappa shape index (κ2) is 4.59. The van der Waals surface area contributed by atoms with E-state index in [0.29, 0.717) is 5.82 Å². The minimum Gasteiger partial charge on any atom is -0.383 e. The fraction of sp³-hybridized carbons (Fsp3) is 0.267. The van der Waals surface area contributed by atoms with E-state index in [9.17, 15) is 0 Å². The second-order valence-corrected chi connectivity index (χ2v) is 5.06. The molecule has 20 heavy (non-hydrogen) atoms. The van der Waals surface area contributed by atoms with Gasteiger partial charge in [0, 0.05) is 24.6 Å². The smallest absolute Gasteiger partial charge is 0.146 e. The third kappa shape index (κ3) is 1.82. The van der Waals surface area contributed by atoms with Crippen LogP contribution in [0, 0.1) is 20.8 Å². The topological polar surface area (TPSA) is 69.6 Å². The third-order valence-corrected chi connectivity index (χ3v) is 3.90. The van der Waals surface area contributed by atoms with E-state index >= 15 is 0 Å². The number of hydrogen-bond donors (Lipinski definition) is 1. The average molecular weight is 267 g/mol. The second-order valence-electron chi connectivity index (χ2n) is 5.06. The Kier molecular flexibility index (Phi) is 2.89. The molecule has 0 saturated carbocycles. The van der Waals surface area contributed by atoms with Gasteiger partial charge in [-0.3, -0.25) is 4.98 Å². The molecule has 3 aromatic rings. The normalized spacial score (nSPS) is 11.2. The van der Waals surface area contributed by atoms with Crippen LogP contribution in [0.15, 0.2) is 24.8 Å². The van der Waals surface area contributed by atoms with Crippen molar-refractivity contribution in [1.82, 2.24) is 19.5 Å². The van der Waals surface area contributed by atoms with Gasteiger partial charge in [-0.1, -0.05) is 0 Å². The van der Waals surface area contributed by atoms with Gasteiger partial charge in [0.05, 0.1) is 5.39 Å². The van der Waals surface area contributed by atoms with Crippen LogP contribution in [0.5, 0.6) is 0 Å². The quantitative estimate of drug-likeness (QED) is 0.774. The molecule has 0 aliphatic heterocycles. The van der Waals surface area contributed by atoms with Gasteiger partial charge in [0.1, 0.15) is 17.8 Å². The van der Waals surface area contributed by atoms with Crippen molar-refractivity contribution in [2.24, 2.45) is 0 Å². The lowest BCUT2D eigenvalue weighted by molar-refractivity contribution is 0.783. The first-order valence-corrected chi connectivity index (χ1v) is 6.55. The highest BCUT2D eigenvalue weighted by Gasteiger charge is 2.15. The predicted octanol–water partition coefficient (Wildman–Crippen LogP) is 2.38. The van der Waals surface area contributed by atoms with Crippen molar-refractivity contribution in [3.05, 3.63) is 47.2 Å². The van der Waals surface area contributed by atoms with Gasteiger partial charge < -0.3 is 10.3 Å². The van der Waals surface area contributed by atoms with Gasteiger partial charge >= 0.3 is 0 Å². The minimum absolute atomic E-state index is 0.542. The van der Waals surface area contributed by atoms with Crippen LogP contribution in [-0.2, 0) is 6.54 Å². The highest BCUT2D eigenvalue weighted by atomic mass is 15.1. The Morgan fingerprint density at radius 1 is 1.20 bits per heavy atom.